The van der Waals surface area contributed by atoms with Crippen molar-refractivity contribution >= 4 is 22.4 Å². The summed E-state index contributed by atoms with van der Waals surface area (Å²) in [5, 5.41) is 12.1. The van der Waals surface area contributed by atoms with Crippen LogP contribution in [0.25, 0.3) is 10.6 Å². The molecule has 2 aromatic carbocycles. The second-order valence-corrected chi connectivity index (χ2v) is 6.79. The van der Waals surface area contributed by atoms with Crippen molar-refractivity contribution in [3.63, 3.8) is 0 Å². The Labute approximate surface area is 150 Å². The van der Waals surface area contributed by atoms with Crippen molar-refractivity contribution in [1.82, 2.24) is 10.2 Å². The number of nitrogens with one attached hydrogen (secondary N) is 1. The van der Waals surface area contributed by atoms with Crippen LogP contribution in [0.2, 0.25) is 0 Å². The summed E-state index contributed by atoms with van der Waals surface area (Å²) < 4.78 is 5.67. The van der Waals surface area contributed by atoms with Crippen LogP contribution < -0.4 is 10.1 Å². The molecule has 1 aromatic heterocycles. The molecule has 0 bridgehead atoms. The van der Waals surface area contributed by atoms with E-state index in [0.29, 0.717) is 11.0 Å². The lowest BCUT2D eigenvalue weighted by atomic mass is 10.0. The number of nitrogens with zero attached hydrogens (tertiary/aromatic N) is 2. The summed E-state index contributed by atoms with van der Waals surface area (Å²) in [5.41, 5.74) is 2.06. The van der Waals surface area contributed by atoms with Gasteiger partial charge < -0.3 is 4.74 Å². The highest BCUT2D eigenvalue weighted by Gasteiger charge is 2.12. The van der Waals surface area contributed by atoms with E-state index in [1.807, 2.05) is 54.6 Å². The third-order valence-electron chi connectivity index (χ3n) is 3.59. The number of hydrogen-bond acceptors (Lipinski definition) is 5. The highest BCUT2D eigenvalue weighted by molar-refractivity contribution is 7.18. The number of anilines is 1. The number of carbonyl (C=O) groups is 1. The zero-order valence-corrected chi connectivity index (χ0v) is 14.9. The maximum Gasteiger partial charge on any atom is 0.264 e. The molecule has 0 radical (unpaired) electrons. The molecule has 0 saturated carbocycles. The fourth-order valence-electron chi connectivity index (χ4n) is 2.36. The van der Waals surface area contributed by atoms with Gasteiger partial charge in [0.15, 0.2) is 6.61 Å². The second kappa shape index (κ2) is 7.90. The predicted molar refractivity (Wildman–Crippen MR) is 100 cm³/mol. The third kappa shape index (κ3) is 4.42. The Morgan fingerprint density at radius 1 is 1.08 bits per heavy atom. The number of ether oxygens (including phenoxy) is 1. The fourth-order valence-corrected chi connectivity index (χ4v) is 3.12. The molecule has 0 atom stereocenters. The average Bonchev–Trinajstić information content (AvgIpc) is 3.09. The molecule has 3 aromatic rings. The van der Waals surface area contributed by atoms with Crippen LogP contribution in [0, 0.1) is 0 Å². The van der Waals surface area contributed by atoms with Crippen LogP contribution in [-0.2, 0) is 4.79 Å². The molecule has 1 amide bonds. The van der Waals surface area contributed by atoms with Gasteiger partial charge in [0.1, 0.15) is 10.8 Å². The van der Waals surface area contributed by atoms with Crippen molar-refractivity contribution in [3.05, 3.63) is 60.2 Å². The van der Waals surface area contributed by atoms with Crippen LogP contribution in [0.1, 0.15) is 25.3 Å². The Morgan fingerprint density at radius 2 is 1.80 bits per heavy atom. The Hall–Kier alpha value is -2.73. The fraction of sp³-hybridized carbons (Fsp3) is 0.211. The first-order valence-corrected chi connectivity index (χ1v) is 8.85. The van der Waals surface area contributed by atoms with Gasteiger partial charge in [0.05, 0.1) is 0 Å². The van der Waals surface area contributed by atoms with Gasteiger partial charge in [0, 0.05) is 5.56 Å². The number of rotatable bonds is 6. The van der Waals surface area contributed by atoms with E-state index in [1.165, 1.54) is 11.3 Å². The van der Waals surface area contributed by atoms with Crippen molar-refractivity contribution in [3.8, 4) is 16.3 Å². The number of benzene rings is 2. The lowest BCUT2D eigenvalue weighted by Crippen LogP contribution is -2.20. The van der Waals surface area contributed by atoms with Gasteiger partial charge in [-0.2, -0.15) is 0 Å². The molecule has 0 spiro atoms. The van der Waals surface area contributed by atoms with Crippen LogP contribution in [0.4, 0.5) is 5.13 Å². The maximum atomic E-state index is 12.1. The smallest absolute Gasteiger partial charge is 0.264 e. The Bertz CT molecular complexity index is 847. The lowest BCUT2D eigenvalue weighted by molar-refractivity contribution is -0.118. The Kier molecular flexibility index (Phi) is 5.40. The minimum atomic E-state index is -0.255. The largest absolute Gasteiger partial charge is 0.483 e. The minimum Gasteiger partial charge on any atom is -0.483 e. The molecule has 3 rings (SSSR count). The third-order valence-corrected chi connectivity index (χ3v) is 4.48. The molecule has 0 saturated heterocycles. The molecule has 25 heavy (non-hydrogen) atoms. The van der Waals surface area contributed by atoms with E-state index in [9.17, 15) is 4.79 Å². The van der Waals surface area contributed by atoms with E-state index in [2.05, 4.69) is 29.4 Å². The van der Waals surface area contributed by atoms with Crippen LogP contribution >= 0.6 is 11.3 Å². The summed E-state index contributed by atoms with van der Waals surface area (Å²) in [6.45, 7) is 4.12. The van der Waals surface area contributed by atoms with Gasteiger partial charge in [-0.3, -0.25) is 10.1 Å². The zero-order valence-electron chi connectivity index (χ0n) is 14.1. The van der Waals surface area contributed by atoms with Gasteiger partial charge in [0.2, 0.25) is 5.13 Å². The van der Waals surface area contributed by atoms with Gasteiger partial charge in [-0.05, 0) is 17.5 Å². The highest BCUT2D eigenvalue weighted by atomic mass is 32.1. The van der Waals surface area contributed by atoms with Gasteiger partial charge in [-0.15, -0.1) is 10.2 Å². The molecule has 128 valence electrons. The van der Waals surface area contributed by atoms with Crippen molar-refractivity contribution in [2.24, 2.45) is 0 Å². The number of amides is 1. The molecule has 1 N–H and O–H groups in total. The molecular weight excluding hydrogens is 334 g/mol. The lowest BCUT2D eigenvalue weighted by Gasteiger charge is -2.13. The molecule has 1 heterocycles. The second-order valence-electron chi connectivity index (χ2n) is 5.81. The normalized spacial score (nSPS) is 10.7. The van der Waals surface area contributed by atoms with Gasteiger partial charge in [-0.1, -0.05) is 73.7 Å². The summed E-state index contributed by atoms with van der Waals surface area (Å²) in [4.78, 5) is 12.1. The summed E-state index contributed by atoms with van der Waals surface area (Å²) in [6.07, 6.45) is 0. The van der Waals surface area contributed by atoms with Gasteiger partial charge in [0.25, 0.3) is 5.91 Å². The quantitative estimate of drug-likeness (QED) is 0.716. The van der Waals surface area contributed by atoms with Crippen LogP contribution in [0.3, 0.4) is 0 Å². The van der Waals surface area contributed by atoms with Crippen LogP contribution in [0.15, 0.2) is 54.6 Å². The molecule has 0 aliphatic carbocycles. The number of hydrogen-bond donors (Lipinski definition) is 1. The van der Waals surface area contributed by atoms with E-state index in [4.69, 9.17) is 4.74 Å². The molecule has 5 nitrogen and oxygen atoms in total. The SMILES string of the molecule is CC(C)c1ccccc1OCC(=O)Nc1nnc(-c2ccccc2)s1. The first-order valence-electron chi connectivity index (χ1n) is 8.04. The van der Waals surface area contributed by atoms with Gasteiger partial charge in [-0.25, -0.2) is 0 Å². The van der Waals surface area contributed by atoms with E-state index in [1.54, 1.807) is 0 Å². The first kappa shape index (κ1) is 17.1. The predicted octanol–water partition coefficient (Wildman–Crippen LogP) is 4.35. The van der Waals surface area contributed by atoms with E-state index >= 15 is 0 Å². The zero-order chi connectivity index (χ0) is 17.6. The topological polar surface area (TPSA) is 64.1 Å². The van der Waals surface area contributed by atoms with Crippen molar-refractivity contribution < 1.29 is 9.53 Å². The molecule has 0 fully saturated rings. The number of para-hydroxylation sites is 1. The standard InChI is InChI=1S/C19H19N3O2S/c1-13(2)15-10-6-7-11-16(15)24-12-17(23)20-19-22-21-18(25-19)14-8-4-3-5-9-14/h3-11,13H,12H2,1-2H3,(H,20,22,23). The summed E-state index contributed by atoms with van der Waals surface area (Å²) >= 11 is 1.33. The molecule has 6 heteroatoms. The number of carbonyl (C=O) groups excluding carboxylic acids is 1. The molecular formula is C19H19N3O2S. The minimum absolute atomic E-state index is 0.0655. The summed E-state index contributed by atoms with van der Waals surface area (Å²) in [7, 11) is 0. The van der Waals surface area contributed by atoms with Crippen molar-refractivity contribution in [2.75, 3.05) is 11.9 Å². The van der Waals surface area contributed by atoms with Crippen molar-refractivity contribution in [2.45, 2.75) is 19.8 Å². The highest BCUT2D eigenvalue weighted by Crippen LogP contribution is 2.27. The monoisotopic (exact) mass is 353 g/mol. The Balaban J connectivity index is 1.60. The maximum absolute atomic E-state index is 12.1. The molecule has 0 unspecified atom stereocenters. The van der Waals surface area contributed by atoms with E-state index in [0.717, 1.165) is 21.9 Å². The average molecular weight is 353 g/mol. The van der Waals surface area contributed by atoms with Crippen LogP contribution in [-0.4, -0.2) is 22.7 Å². The van der Waals surface area contributed by atoms with Crippen LogP contribution in [0.5, 0.6) is 5.75 Å². The molecule has 0 aliphatic rings. The molecule has 0 aliphatic heterocycles. The number of aromatic nitrogens is 2. The van der Waals surface area contributed by atoms with E-state index < -0.39 is 0 Å². The summed E-state index contributed by atoms with van der Waals surface area (Å²) in [6, 6.07) is 17.5. The van der Waals surface area contributed by atoms with Crippen molar-refractivity contribution in [1.29, 1.82) is 0 Å². The first-order chi connectivity index (χ1) is 12.1. The van der Waals surface area contributed by atoms with Gasteiger partial charge >= 0.3 is 0 Å². The summed E-state index contributed by atoms with van der Waals surface area (Å²) in [5.74, 6) is 0.806. The van der Waals surface area contributed by atoms with E-state index in [-0.39, 0.29) is 12.5 Å². The Morgan fingerprint density at radius 3 is 2.56 bits per heavy atom.